The first kappa shape index (κ1) is 15.9. The van der Waals surface area contributed by atoms with Crippen molar-refractivity contribution in [1.82, 2.24) is 5.32 Å². The van der Waals surface area contributed by atoms with Crippen LogP contribution < -0.4 is 10.1 Å². The molecule has 25 heavy (non-hydrogen) atoms. The smallest absolute Gasteiger partial charge is 0.119 e. The molecule has 3 aromatic rings. The standard InChI is InChI=1S/C23H23NO/c1-3-7-19(8-4-1)17-25-21-13-11-18(12-14-21)16-24-23-15-22(23)20-9-5-2-6-10-20/h1-14,22-24H,15-17H2/t22-,23+/m0/s1. The second kappa shape index (κ2) is 7.54. The van der Waals surface area contributed by atoms with Crippen LogP contribution in [0.15, 0.2) is 84.9 Å². The average Bonchev–Trinajstić information content (AvgIpc) is 3.47. The van der Waals surface area contributed by atoms with E-state index in [0.29, 0.717) is 18.6 Å². The number of nitrogens with one attached hydrogen (secondary N) is 1. The number of benzene rings is 3. The minimum absolute atomic E-state index is 0.608. The van der Waals surface area contributed by atoms with E-state index in [9.17, 15) is 0 Å². The Morgan fingerprint density at radius 2 is 1.44 bits per heavy atom. The predicted octanol–water partition coefficient (Wildman–Crippen LogP) is 4.91. The van der Waals surface area contributed by atoms with E-state index < -0.39 is 0 Å². The largest absolute Gasteiger partial charge is 0.489 e. The number of hydrogen-bond donors (Lipinski definition) is 1. The SMILES string of the molecule is c1ccc(COc2ccc(CN[C@@H]3C[C@H]3c3ccccc3)cc2)cc1. The van der Waals surface area contributed by atoms with E-state index in [1.807, 2.05) is 18.2 Å². The molecule has 2 heteroatoms. The van der Waals surface area contributed by atoms with Gasteiger partial charge in [0.05, 0.1) is 0 Å². The molecule has 0 amide bonds. The van der Waals surface area contributed by atoms with Crippen molar-refractivity contribution in [3.8, 4) is 5.75 Å². The highest BCUT2D eigenvalue weighted by atomic mass is 16.5. The average molecular weight is 329 g/mol. The topological polar surface area (TPSA) is 21.3 Å². The molecule has 4 rings (SSSR count). The Kier molecular flexibility index (Phi) is 4.80. The van der Waals surface area contributed by atoms with E-state index in [1.165, 1.54) is 23.1 Å². The maximum Gasteiger partial charge on any atom is 0.119 e. The zero-order valence-electron chi connectivity index (χ0n) is 14.3. The molecule has 1 fully saturated rings. The van der Waals surface area contributed by atoms with E-state index in [4.69, 9.17) is 4.74 Å². The molecule has 0 bridgehead atoms. The molecule has 0 unspecified atom stereocenters. The molecule has 0 aromatic heterocycles. The van der Waals surface area contributed by atoms with Gasteiger partial charge in [0.25, 0.3) is 0 Å². The molecular formula is C23H23NO. The fourth-order valence-electron chi connectivity index (χ4n) is 3.18. The van der Waals surface area contributed by atoms with Crippen molar-refractivity contribution in [2.45, 2.75) is 31.5 Å². The van der Waals surface area contributed by atoms with Crippen molar-refractivity contribution in [2.75, 3.05) is 0 Å². The zero-order chi connectivity index (χ0) is 16.9. The minimum Gasteiger partial charge on any atom is -0.489 e. The Morgan fingerprint density at radius 1 is 0.760 bits per heavy atom. The number of rotatable bonds is 7. The Bertz CT molecular complexity index is 783. The third-order valence-corrected chi connectivity index (χ3v) is 4.76. The quantitative estimate of drug-likeness (QED) is 0.665. The highest BCUT2D eigenvalue weighted by molar-refractivity contribution is 5.30. The van der Waals surface area contributed by atoms with E-state index in [2.05, 4.69) is 72.0 Å². The fourth-order valence-corrected chi connectivity index (χ4v) is 3.18. The molecule has 2 atom stereocenters. The van der Waals surface area contributed by atoms with Gasteiger partial charge in [-0.15, -0.1) is 0 Å². The van der Waals surface area contributed by atoms with Gasteiger partial charge in [0, 0.05) is 18.5 Å². The van der Waals surface area contributed by atoms with Crippen LogP contribution in [0.4, 0.5) is 0 Å². The van der Waals surface area contributed by atoms with E-state index >= 15 is 0 Å². The summed E-state index contributed by atoms with van der Waals surface area (Å²) in [4.78, 5) is 0. The van der Waals surface area contributed by atoms with E-state index in [0.717, 1.165) is 12.3 Å². The highest BCUT2D eigenvalue weighted by Gasteiger charge is 2.37. The molecular weight excluding hydrogens is 306 g/mol. The number of hydrogen-bond acceptors (Lipinski definition) is 2. The minimum atomic E-state index is 0.608. The fraction of sp³-hybridized carbons (Fsp3) is 0.217. The normalized spacial score (nSPS) is 18.7. The summed E-state index contributed by atoms with van der Waals surface area (Å²) in [6.07, 6.45) is 1.24. The van der Waals surface area contributed by atoms with Gasteiger partial charge in [0.1, 0.15) is 12.4 Å². The summed E-state index contributed by atoms with van der Waals surface area (Å²) in [5.74, 6) is 1.59. The lowest BCUT2D eigenvalue weighted by molar-refractivity contribution is 0.306. The number of ether oxygens (including phenoxy) is 1. The summed E-state index contributed by atoms with van der Waals surface area (Å²) in [5, 5.41) is 3.66. The van der Waals surface area contributed by atoms with Crippen LogP contribution in [-0.4, -0.2) is 6.04 Å². The lowest BCUT2D eigenvalue weighted by atomic mass is 10.1. The third-order valence-electron chi connectivity index (χ3n) is 4.76. The molecule has 2 nitrogen and oxygen atoms in total. The Balaban J connectivity index is 1.24. The van der Waals surface area contributed by atoms with Gasteiger partial charge < -0.3 is 10.1 Å². The molecule has 0 radical (unpaired) electrons. The summed E-state index contributed by atoms with van der Waals surface area (Å²) in [5.41, 5.74) is 3.93. The predicted molar refractivity (Wildman–Crippen MR) is 102 cm³/mol. The Labute approximate surface area is 149 Å². The molecule has 126 valence electrons. The van der Waals surface area contributed by atoms with Gasteiger partial charge in [-0.25, -0.2) is 0 Å². The molecule has 3 aromatic carbocycles. The molecule has 0 aliphatic heterocycles. The maximum absolute atomic E-state index is 5.84. The summed E-state index contributed by atoms with van der Waals surface area (Å²) in [7, 11) is 0. The zero-order valence-corrected chi connectivity index (χ0v) is 14.3. The van der Waals surface area contributed by atoms with Crippen molar-refractivity contribution in [2.24, 2.45) is 0 Å². The van der Waals surface area contributed by atoms with Gasteiger partial charge in [-0.3, -0.25) is 0 Å². The summed E-state index contributed by atoms with van der Waals surface area (Å²) in [6, 6.07) is 30.0. The maximum atomic E-state index is 5.84. The molecule has 1 aliphatic rings. The second-order valence-corrected chi connectivity index (χ2v) is 6.66. The summed E-state index contributed by atoms with van der Waals surface area (Å²) < 4.78 is 5.84. The molecule has 0 saturated heterocycles. The van der Waals surface area contributed by atoms with Crippen molar-refractivity contribution >= 4 is 0 Å². The van der Waals surface area contributed by atoms with Gasteiger partial charge in [-0.05, 0) is 35.2 Å². The lowest BCUT2D eigenvalue weighted by Crippen LogP contribution is -2.17. The second-order valence-electron chi connectivity index (χ2n) is 6.66. The van der Waals surface area contributed by atoms with E-state index in [1.54, 1.807) is 0 Å². The first-order valence-corrected chi connectivity index (χ1v) is 8.92. The van der Waals surface area contributed by atoms with Gasteiger partial charge in [-0.1, -0.05) is 72.8 Å². The summed E-state index contributed by atoms with van der Waals surface area (Å²) >= 11 is 0. The molecule has 1 aliphatic carbocycles. The third kappa shape index (κ3) is 4.28. The van der Waals surface area contributed by atoms with Crippen LogP contribution >= 0.6 is 0 Å². The molecule has 1 N–H and O–H groups in total. The molecule has 0 spiro atoms. The van der Waals surface area contributed by atoms with Gasteiger partial charge in [0.15, 0.2) is 0 Å². The lowest BCUT2D eigenvalue weighted by Gasteiger charge is -2.08. The first-order valence-electron chi connectivity index (χ1n) is 8.92. The Morgan fingerprint density at radius 3 is 2.16 bits per heavy atom. The van der Waals surface area contributed by atoms with Crippen LogP contribution in [0.25, 0.3) is 0 Å². The highest BCUT2D eigenvalue weighted by Crippen LogP contribution is 2.40. The van der Waals surface area contributed by atoms with Crippen LogP contribution in [0.1, 0.15) is 29.0 Å². The van der Waals surface area contributed by atoms with Crippen LogP contribution in [0.3, 0.4) is 0 Å². The first-order chi connectivity index (χ1) is 12.4. The van der Waals surface area contributed by atoms with Gasteiger partial charge >= 0.3 is 0 Å². The van der Waals surface area contributed by atoms with Crippen LogP contribution in [0.5, 0.6) is 5.75 Å². The van der Waals surface area contributed by atoms with Crippen molar-refractivity contribution in [3.63, 3.8) is 0 Å². The molecule has 1 saturated carbocycles. The van der Waals surface area contributed by atoms with Gasteiger partial charge in [0.2, 0.25) is 0 Å². The van der Waals surface area contributed by atoms with Crippen molar-refractivity contribution < 1.29 is 4.74 Å². The molecule has 0 heterocycles. The van der Waals surface area contributed by atoms with Crippen LogP contribution in [-0.2, 0) is 13.2 Å². The van der Waals surface area contributed by atoms with Crippen molar-refractivity contribution in [1.29, 1.82) is 0 Å². The van der Waals surface area contributed by atoms with Crippen LogP contribution in [0, 0.1) is 0 Å². The van der Waals surface area contributed by atoms with E-state index in [-0.39, 0.29) is 0 Å². The Hall–Kier alpha value is -2.58. The van der Waals surface area contributed by atoms with Crippen molar-refractivity contribution in [3.05, 3.63) is 102 Å². The van der Waals surface area contributed by atoms with Gasteiger partial charge in [-0.2, -0.15) is 0 Å². The van der Waals surface area contributed by atoms with Crippen LogP contribution in [0.2, 0.25) is 0 Å². The summed E-state index contributed by atoms with van der Waals surface area (Å²) in [6.45, 7) is 1.52. The monoisotopic (exact) mass is 329 g/mol.